The van der Waals surface area contributed by atoms with E-state index in [0.717, 1.165) is 39.1 Å². The number of nitrogens with zero attached hydrogens (tertiary/aromatic N) is 3. The molecule has 1 aromatic rings. The summed E-state index contributed by atoms with van der Waals surface area (Å²) in [4.78, 5) is 11.3. The van der Waals surface area contributed by atoms with E-state index in [1.807, 2.05) is 11.3 Å². The second-order valence-electron chi connectivity index (χ2n) is 6.17. The molecule has 0 aromatic carbocycles. The molecule has 2 unspecified atom stereocenters. The van der Waals surface area contributed by atoms with Crippen molar-refractivity contribution >= 4 is 16.5 Å². The summed E-state index contributed by atoms with van der Waals surface area (Å²) in [5, 5.41) is 4.68. The van der Waals surface area contributed by atoms with E-state index < -0.39 is 0 Å². The number of hydrogen-bond acceptors (Lipinski definition) is 5. The molecular formula is C16H30N4S. The molecule has 0 spiro atoms. The monoisotopic (exact) mass is 310 g/mol. The first-order valence-corrected chi connectivity index (χ1v) is 9.03. The minimum Gasteiger partial charge on any atom is -0.345 e. The van der Waals surface area contributed by atoms with Crippen LogP contribution in [0.15, 0.2) is 0 Å². The molecule has 1 aliphatic heterocycles. The van der Waals surface area contributed by atoms with Gasteiger partial charge in [-0.2, -0.15) is 0 Å². The van der Waals surface area contributed by atoms with Gasteiger partial charge in [0.1, 0.15) is 0 Å². The van der Waals surface area contributed by atoms with Crippen molar-refractivity contribution < 1.29 is 0 Å². The van der Waals surface area contributed by atoms with Crippen molar-refractivity contribution in [2.45, 2.75) is 52.6 Å². The van der Waals surface area contributed by atoms with Gasteiger partial charge in [-0.25, -0.2) is 4.98 Å². The minimum absolute atomic E-state index is 0.550. The smallest absolute Gasteiger partial charge is 0.185 e. The van der Waals surface area contributed by atoms with E-state index in [9.17, 15) is 0 Å². The van der Waals surface area contributed by atoms with E-state index >= 15 is 0 Å². The summed E-state index contributed by atoms with van der Waals surface area (Å²) in [6.07, 6.45) is 1.15. The van der Waals surface area contributed by atoms with Gasteiger partial charge in [0.2, 0.25) is 0 Å². The summed E-state index contributed by atoms with van der Waals surface area (Å²) in [6.45, 7) is 14.3. The predicted octanol–water partition coefficient (Wildman–Crippen LogP) is 2.91. The van der Waals surface area contributed by atoms with Gasteiger partial charge in [0.25, 0.3) is 0 Å². The maximum Gasteiger partial charge on any atom is 0.185 e. The third-order valence-corrected chi connectivity index (χ3v) is 5.69. The molecule has 1 aliphatic rings. The van der Waals surface area contributed by atoms with Crippen LogP contribution in [0.4, 0.5) is 5.13 Å². The summed E-state index contributed by atoms with van der Waals surface area (Å²) < 4.78 is 0. The highest BCUT2D eigenvalue weighted by Crippen LogP contribution is 2.33. The molecule has 4 nitrogen and oxygen atoms in total. The number of thiazole rings is 1. The molecule has 2 atom stereocenters. The predicted molar refractivity (Wildman–Crippen MR) is 92.5 cm³/mol. The highest BCUT2D eigenvalue weighted by atomic mass is 32.1. The lowest BCUT2D eigenvalue weighted by atomic mass is 10.0. The third kappa shape index (κ3) is 3.96. The first kappa shape index (κ1) is 16.7. The molecule has 120 valence electrons. The minimum atomic E-state index is 0.550. The van der Waals surface area contributed by atoms with Crippen LogP contribution in [-0.2, 0) is 6.54 Å². The fourth-order valence-corrected chi connectivity index (χ4v) is 3.84. The molecule has 0 aliphatic carbocycles. The number of rotatable bonds is 6. The zero-order chi connectivity index (χ0) is 15.4. The average molecular weight is 311 g/mol. The van der Waals surface area contributed by atoms with Crippen molar-refractivity contribution in [2.24, 2.45) is 0 Å². The van der Waals surface area contributed by atoms with Gasteiger partial charge >= 0.3 is 0 Å². The van der Waals surface area contributed by atoms with E-state index in [1.54, 1.807) is 0 Å². The molecule has 0 bridgehead atoms. The van der Waals surface area contributed by atoms with Gasteiger partial charge in [0.05, 0.1) is 5.69 Å². The first-order chi connectivity index (χ1) is 10.1. The lowest BCUT2D eigenvalue weighted by molar-refractivity contribution is 0.234. The van der Waals surface area contributed by atoms with Crippen molar-refractivity contribution in [1.29, 1.82) is 0 Å². The zero-order valence-corrected chi connectivity index (χ0v) is 15.0. The van der Waals surface area contributed by atoms with E-state index in [-0.39, 0.29) is 0 Å². The molecule has 2 heterocycles. The van der Waals surface area contributed by atoms with Crippen LogP contribution < -0.4 is 10.2 Å². The maximum atomic E-state index is 5.00. The largest absolute Gasteiger partial charge is 0.345 e. The number of piperazine rings is 1. The fourth-order valence-electron chi connectivity index (χ4n) is 2.65. The lowest BCUT2D eigenvalue weighted by Gasteiger charge is -2.37. The van der Waals surface area contributed by atoms with Crippen LogP contribution in [-0.4, -0.2) is 49.2 Å². The highest BCUT2D eigenvalue weighted by molar-refractivity contribution is 7.15. The maximum absolute atomic E-state index is 5.00. The second-order valence-corrected chi connectivity index (χ2v) is 7.23. The standard InChI is InChI=1S/C16H30N4S/c1-6-12(3)15-14(10-17-7-2)21-16(18-15)20-9-8-19(5)13(4)11-20/h12-13,17H,6-11H2,1-5H3. The Hall–Kier alpha value is -0.650. The molecule has 1 fully saturated rings. The van der Waals surface area contributed by atoms with Crippen molar-refractivity contribution in [3.63, 3.8) is 0 Å². The van der Waals surface area contributed by atoms with Crippen molar-refractivity contribution in [3.8, 4) is 0 Å². The van der Waals surface area contributed by atoms with E-state index in [0.29, 0.717) is 12.0 Å². The van der Waals surface area contributed by atoms with Gasteiger partial charge in [-0.3, -0.25) is 0 Å². The van der Waals surface area contributed by atoms with Crippen LogP contribution in [0.2, 0.25) is 0 Å². The first-order valence-electron chi connectivity index (χ1n) is 8.22. The average Bonchev–Trinajstić information content (AvgIpc) is 2.91. The highest BCUT2D eigenvalue weighted by Gasteiger charge is 2.25. The number of anilines is 1. The topological polar surface area (TPSA) is 31.4 Å². The van der Waals surface area contributed by atoms with Gasteiger partial charge in [0.15, 0.2) is 5.13 Å². The Balaban J connectivity index is 2.18. The molecule has 0 saturated carbocycles. The summed E-state index contributed by atoms with van der Waals surface area (Å²) >= 11 is 1.89. The van der Waals surface area contributed by atoms with Gasteiger partial charge in [-0.1, -0.05) is 20.8 Å². The van der Waals surface area contributed by atoms with Crippen molar-refractivity contribution in [2.75, 3.05) is 38.1 Å². The van der Waals surface area contributed by atoms with Gasteiger partial charge in [0, 0.05) is 37.1 Å². The summed E-state index contributed by atoms with van der Waals surface area (Å²) in [7, 11) is 2.21. The Morgan fingerprint density at radius 2 is 2.14 bits per heavy atom. The molecule has 2 rings (SSSR count). The quantitative estimate of drug-likeness (QED) is 0.875. The van der Waals surface area contributed by atoms with Crippen LogP contribution in [0.5, 0.6) is 0 Å². The Kier molecular flexibility index (Phi) is 6.02. The Morgan fingerprint density at radius 3 is 2.76 bits per heavy atom. The van der Waals surface area contributed by atoms with Crippen molar-refractivity contribution in [1.82, 2.24) is 15.2 Å². The van der Waals surface area contributed by atoms with Gasteiger partial charge in [-0.15, -0.1) is 11.3 Å². The Bertz CT molecular complexity index is 445. The van der Waals surface area contributed by atoms with Gasteiger partial charge in [-0.05, 0) is 32.9 Å². The third-order valence-electron chi connectivity index (χ3n) is 4.56. The SMILES string of the molecule is CCNCc1sc(N2CCN(C)C(C)C2)nc1C(C)CC. The number of hydrogen-bond donors (Lipinski definition) is 1. The number of aromatic nitrogens is 1. The van der Waals surface area contributed by atoms with Crippen molar-refractivity contribution in [3.05, 3.63) is 10.6 Å². The molecule has 1 N–H and O–H groups in total. The molecule has 21 heavy (non-hydrogen) atoms. The molecule has 0 amide bonds. The summed E-state index contributed by atoms with van der Waals surface area (Å²) in [5.74, 6) is 0.550. The van der Waals surface area contributed by atoms with E-state index in [2.05, 4.69) is 49.9 Å². The van der Waals surface area contributed by atoms with Crippen LogP contribution in [0.3, 0.4) is 0 Å². The lowest BCUT2D eigenvalue weighted by Crippen LogP contribution is -2.50. The zero-order valence-electron chi connectivity index (χ0n) is 14.1. The number of likely N-dealkylation sites (N-methyl/N-ethyl adjacent to an activating group) is 1. The molecule has 1 saturated heterocycles. The summed E-state index contributed by atoms with van der Waals surface area (Å²) in [5.41, 5.74) is 1.31. The van der Waals surface area contributed by atoms with Gasteiger partial charge < -0.3 is 15.1 Å². The normalized spacial score (nSPS) is 21.8. The Morgan fingerprint density at radius 1 is 1.38 bits per heavy atom. The molecule has 5 heteroatoms. The molecular weight excluding hydrogens is 280 g/mol. The van der Waals surface area contributed by atoms with E-state index in [4.69, 9.17) is 4.98 Å². The Labute approximate surface area is 133 Å². The van der Waals surface area contributed by atoms with E-state index in [1.165, 1.54) is 15.7 Å². The molecule has 0 radical (unpaired) electrons. The van der Waals surface area contributed by atoms with Crippen LogP contribution in [0.25, 0.3) is 0 Å². The summed E-state index contributed by atoms with van der Waals surface area (Å²) in [6, 6.07) is 0.604. The fraction of sp³-hybridized carbons (Fsp3) is 0.812. The van der Waals surface area contributed by atoms with Crippen LogP contribution in [0, 0.1) is 0 Å². The molecule has 1 aromatic heterocycles. The van der Waals surface area contributed by atoms with Crippen LogP contribution >= 0.6 is 11.3 Å². The van der Waals surface area contributed by atoms with Crippen LogP contribution in [0.1, 0.15) is 50.6 Å². The second kappa shape index (κ2) is 7.56. The number of nitrogens with one attached hydrogen (secondary N) is 1.